The van der Waals surface area contributed by atoms with Crippen LogP contribution in [-0.2, 0) is 25.6 Å². The van der Waals surface area contributed by atoms with Crippen LogP contribution in [0.25, 0.3) is 0 Å². The quantitative estimate of drug-likeness (QED) is 0.745. The summed E-state index contributed by atoms with van der Waals surface area (Å²) in [7, 11) is -3.63. The standard InChI is InChI=1S/C16H25ClN2O5S/c1-10(2)13(19-15(20)24-16(3,4)5)14-11(7-12(17)8-18-14)9-23-25(6,21)22/h7-8,10,13H,9H2,1-6H3,(H,19,20). The lowest BCUT2D eigenvalue weighted by molar-refractivity contribution is 0.0487. The van der Waals surface area contributed by atoms with Crippen molar-refractivity contribution < 1.29 is 22.1 Å². The minimum absolute atomic E-state index is 0.0295. The molecule has 9 heteroatoms. The molecular weight excluding hydrogens is 368 g/mol. The topological polar surface area (TPSA) is 94.6 Å². The molecule has 25 heavy (non-hydrogen) atoms. The fraction of sp³-hybridized carbons (Fsp3) is 0.625. The van der Waals surface area contributed by atoms with Crippen molar-refractivity contribution in [1.82, 2.24) is 10.3 Å². The number of amides is 1. The van der Waals surface area contributed by atoms with Gasteiger partial charge in [-0.3, -0.25) is 9.17 Å². The molecule has 0 saturated heterocycles. The Hall–Kier alpha value is -1.38. The normalized spacial score (nSPS) is 13.6. The van der Waals surface area contributed by atoms with Crippen molar-refractivity contribution >= 4 is 27.8 Å². The molecular formula is C16H25ClN2O5S. The number of halogens is 1. The zero-order valence-corrected chi connectivity index (χ0v) is 16.9. The summed E-state index contributed by atoms with van der Waals surface area (Å²) in [5.41, 5.74) is 0.322. The lowest BCUT2D eigenvalue weighted by atomic mass is 9.97. The van der Waals surface area contributed by atoms with E-state index in [2.05, 4.69) is 10.3 Å². The van der Waals surface area contributed by atoms with Gasteiger partial charge in [0.05, 0.1) is 29.6 Å². The predicted molar refractivity (Wildman–Crippen MR) is 95.8 cm³/mol. The number of alkyl carbamates (subject to hydrolysis) is 1. The molecule has 0 fully saturated rings. The van der Waals surface area contributed by atoms with Gasteiger partial charge in [-0.15, -0.1) is 0 Å². The van der Waals surface area contributed by atoms with E-state index in [0.29, 0.717) is 16.3 Å². The van der Waals surface area contributed by atoms with E-state index in [0.717, 1.165) is 6.26 Å². The summed E-state index contributed by atoms with van der Waals surface area (Å²) in [5, 5.41) is 3.12. The molecule has 0 aliphatic heterocycles. The molecule has 142 valence electrons. The van der Waals surface area contributed by atoms with Crippen molar-refractivity contribution in [3.63, 3.8) is 0 Å². The molecule has 0 aliphatic rings. The molecule has 1 atom stereocenters. The van der Waals surface area contributed by atoms with Crippen molar-refractivity contribution in [2.45, 2.75) is 52.9 Å². The predicted octanol–water partition coefficient (Wildman–Crippen LogP) is 3.43. The first kappa shape index (κ1) is 21.7. The molecule has 0 bridgehead atoms. The Kier molecular flexibility index (Phi) is 7.22. The first-order valence-electron chi connectivity index (χ1n) is 7.77. The van der Waals surface area contributed by atoms with Crippen LogP contribution in [0.2, 0.25) is 5.02 Å². The molecule has 1 N–H and O–H groups in total. The first-order chi connectivity index (χ1) is 11.3. The Morgan fingerprint density at radius 2 is 1.96 bits per heavy atom. The summed E-state index contributed by atoms with van der Waals surface area (Å²) in [5.74, 6) is -0.0295. The Bertz CT molecular complexity index is 714. The van der Waals surface area contributed by atoms with Gasteiger partial charge in [-0.2, -0.15) is 8.42 Å². The highest BCUT2D eigenvalue weighted by Gasteiger charge is 2.26. The molecule has 1 heterocycles. The number of hydrogen-bond acceptors (Lipinski definition) is 6. The second-order valence-corrected chi connectivity index (χ2v) is 9.11. The van der Waals surface area contributed by atoms with Gasteiger partial charge in [-0.25, -0.2) is 4.79 Å². The number of carbonyl (C=O) groups is 1. The third kappa shape index (κ3) is 8.02. The van der Waals surface area contributed by atoms with Gasteiger partial charge in [0.1, 0.15) is 5.60 Å². The van der Waals surface area contributed by atoms with Crippen LogP contribution in [0, 0.1) is 5.92 Å². The smallest absolute Gasteiger partial charge is 0.408 e. The average molecular weight is 393 g/mol. The van der Waals surface area contributed by atoms with Gasteiger partial charge in [0.2, 0.25) is 0 Å². The maximum absolute atomic E-state index is 12.1. The first-order valence-corrected chi connectivity index (χ1v) is 9.96. The highest BCUT2D eigenvalue weighted by Crippen LogP contribution is 2.26. The Balaban J connectivity index is 3.12. The van der Waals surface area contributed by atoms with Crippen LogP contribution in [0.1, 0.15) is 51.9 Å². The lowest BCUT2D eigenvalue weighted by Gasteiger charge is -2.26. The molecule has 0 aliphatic carbocycles. The van der Waals surface area contributed by atoms with Crippen molar-refractivity contribution in [1.29, 1.82) is 0 Å². The van der Waals surface area contributed by atoms with Crippen molar-refractivity contribution in [2.24, 2.45) is 5.92 Å². The number of aromatic nitrogens is 1. The lowest BCUT2D eigenvalue weighted by Crippen LogP contribution is -2.37. The zero-order chi connectivity index (χ0) is 19.4. The van der Waals surface area contributed by atoms with Gasteiger partial charge in [0.25, 0.3) is 10.1 Å². The fourth-order valence-electron chi connectivity index (χ4n) is 2.04. The number of nitrogens with zero attached hydrogens (tertiary/aromatic N) is 1. The number of hydrogen-bond donors (Lipinski definition) is 1. The third-order valence-electron chi connectivity index (χ3n) is 3.03. The second kappa shape index (κ2) is 8.33. The number of ether oxygens (including phenoxy) is 1. The van der Waals surface area contributed by atoms with E-state index >= 15 is 0 Å². The minimum Gasteiger partial charge on any atom is -0.444 e. The monoisotopic (exact) mass is 392 g/mol. The number of carbonyl (C=O) groups excluding carboxylic acids is 1. The van der Waals surface area contributed by atoms with E-state index in [9.17, 15) is 13.2 Å². The van der Waals surface area contributed by atoms with E-state index < -0.39 is 27.9 Å². The van der Waals surface area contributed by atoms with Gasteiger partial charge in [0, 0.05) is 11.8 Å². The van der Waals surface area contributed by atoms with Crippen LogP contribution < -0.4 is 5.32 Å². The van der Waals surface area contributed by atoms with E-state index in [1.54, 1.807) is 26.8 Å². The summed E-state index contributed by atoms with van der Waals surface area (Å²) in [6.07, 6.45) is 1.81. The SMILES string of the molecule is CC(C)C(NC(=O)OC(C)(C)C)c1ncc(Cl)cc1COS(C)(=O)=O. The maximum Gasteiger partial charge on any atom is 0.408 e. The molecule has 1 unspecified atom stereocenters. The van der Waals surface area contributed by atoms with Gasteiger partial charge >= 0.3 is 6.09 Å². The van der Waals surface area contributed by atoms with Crippen molar-refractivity contribution in [2.75, 3.05) is 6.26 Å². The number of rotatable bonds is 6. The summed E-state index contributed by atoms with van der Waals surface area (Å²) < 4.78 is 32.7. The van der Waals surface area contributed by atoms with E-state index in [4.69, 9.17) is 20.5 Å². The van der Waals surface area contributed by atoms with Crippen molar-refractivity contribution in [3.8, 4) is 0 Å². The Labute approximate surface area is 154 Å². The molecule has 1 aromatic heterocycles. The number of pyridine rings is 1. The van der Waals surface area contributed by atoms with Crippen LogP contribution >= 0.6 is 11.6 Å². The molecule has 1 rings (SSSR count). The highest BCUT2D eigenvalue weighted by molar-refractivity contribution is 7.85. The van der Waals surface area contributed by atoms with Crippen LogP contribution in [0.3, 0.4) is 0 Å². The van der Waals surface area contributed by atoms with Crippen LogP contribution in [0.5, 0.6) is 0 Å². The second-order valence-electron chi connectivity index (χ2n) is 7.03. The Morgan fingerprint density at radius 1 is 1.36 bits per heavy atom. The van der Waals surface area contributed by atoms with Gasteiger partial charge < -0.3 is 10.1 Å². The van der Waals surface area contributed by atoms with Crippen LogP contribution in [0.15, 0.2) is 12.3 Å². The molecule has 0 radical (unpaired) electrons. The molecule has 0 aromatic carbocycles. The summed E-state index contributed by atoms with van der Waals surface area (Å²) in [6.45, 7) is 8.88. The molecule has 0 spiro atoms. The molecule has 1 aromatic rings. The molecule has 1 amide bonds. The summed E-state index contributed by atoms with van der Waals surface area (Å²) >= 11 is 5.96. The summed E-state index contributed by atoms with van der Waals surface area (Å²) in [4.78, 5) is 16.4. The average Bonchev–Trinajstić information content (AvgIpc) is 2.40. The van der Waals surface area contributed by atoms with E-state index in [1.165, 1.54) is 6.20 Å². The molecule has 0 saturated carbocycles. The van der Waals surface area contributed by atoms with Gasteiger partial charge in [-0.1, -0.05) is 25.4 Å². The number of nitrogens with one attached hydrogen (secondary N) is 1. The van der Waals surface area contributed by atoms with Crippen LogP contribution in [0.4, 0.5) is 4.79 Å². The van der Waals surface area contributed by atoms with E-state index in [-0.39, 0.29) is 12.5 Å². The van der Waals surface area contributed by atoms with Crippen LogP contribution in [-0.4, -0.2) is 31.4 Å². The highest BCUT2D eigenvalue weighted by atomic mass is 35.5. The molecule has 7 nitrogen and oxygen atoms in total. The van der Waals surface area contributed by atoms with Crippen molar-refractivity contribution in [3.05, 3.63) is 28.5 Å². The largest absolute Gasteiger partial charge is 0.444 e. The van der Waals surface area contributed by atoms with Gasteiger partial charge in [-0.05, 0) is 32.8 Å². The fourth-order valence-corrected chi connectivity index (χ4v) is 2.56. The maximum atomic E-state index is 12.1. The Morgan fingerprint density at radius 3 is 2.44 bits per heavy atom. The van der Waals surface area contributed by atoms with Gasteiger partial charge in [0.15, 0.2) is 0 Å². The van der Waals surface area contributed by atoms with E-state index in [1.807, 2.05) is 13.8 Å². The minimum atomic E-state index is -3.63. The zero-order valence-electron chi connectivity index (χ0n) is 15.3. The summed E-state index contributed by atoms with van der Waals surface area (Å²) in [6, 6.07) is 1.08. The third-order valence-corrected chi connectivity index (χ3v) is 3.78.